The third-order valence-electron chi connectivity index (χ3n) is 11.7. The van der Waals surface area contributed by atoms with Crippen molar-refractivity contribution in [2.75, 3.05) is 37.4 Å². The van der Waals surface area contributed by atoms with Gasteiger partial charge < -0.3 is 30.1 Å². The van der Waals surface area contributed by atoms with E-state index in [-0.39, 0.29) is 17.7 Å². The first-order valence-electron chi connectivity index (χ1n) is 21.0. The molecule has 6 heterocycles. The summed E-state index contributed by atoms with van der Waals surface area (Å²) in [5.41, 5.74) is 8.37. The molecule has 2 aliphatic heterocycles. The maximum atomic E-state index is 12.7. The molecule has 2 atom stereocenters. The molecule has 18 heteroatoms. The number of aromatic nitrogens is 4. The van der Waals surface area contributed by atoms with E-state index in [2.05, 4.69) is 40.6 Å². The molecule has 326 valence electrons. The van der Waals surface area contributed by atoms with Crippen LogP contribution in [0.4, 0.5) is 31.8 Å². The Bertz CT molecular complexity index is 2810. The second kappa shape index (κ2) is 17.9. The van der Waals surface area contributed by atoms with Crippen molar-refractivity contribution >= 4 is 90.4 Å². The number of ether oxygens (including phenoxy) is 2. The van der Waals surface area contributed by atoms with E-state index in [0.717, 1.165) is 98.0 Å². The second-order valence-corrected chi connectivity index (χ2v) is 18.0. The van der Waals surface area contributed by atoms with Crippen LogP contribution in [0.2, 0.25) is 0 Å². The van der Waals surface area contributed by atoms with E-state index < -0.39 is 18.9 Å². The van der Waals surface area contributed by atoms with Crippen molar-refractivity contribution in [2.45, 2.75) is 71.9 Å². The number of carbonyl (C=O) groups is 2. The number of amides is 1. The maximum absolute atomic E-state index is 12.7. The van der Waals surface area contributed by atoms with Crippen LogP contribution in [0.5, 0.6) is 11.5 Å². The molecular weight excluding hydrogens is 849 g/mol. The number of anilines is 4. The number of thiophene rings is 2. The Kier molecular flexibility index (Phi) is 12.0. The molecule has 0 saturated heterocycles. The first-order valence-corrected chi connectivity index (χ1v) is 22.6. The van der Waals surface area contributed by atoms with Gasteiger partial charge in [0.05, 0.1) is 60.9 Å². The summed E-state index contributed by atoms with van der Waals surface area (Å²) in [6.07, 6.45) is 8.03. The van der Waals surface area contributed by atoms with Crippen molar-refractivity contribution in [2.24, 2.45) is 21.8 Å². The molecule has 10 rings (SSSR count). The largest absolute Gasteiger partial charge is 0.492 e. The topological polar surface area (TPSA) is 176 Å². The van der Waals surface area contributed by atoms with Gasteiger partial charge in [0.2, 0.25) is 5.91 Å². The minimum Gasteiger partial charge on any atom is -0.492 e. The van der Waals surface area contributed by atoms with Gasteiger partial charge in [-0.15, -0.1) is 22.7 Å². The Morgan fingerprint density at radius 1 is 0.778 bits per heavy atom. The van der Waals surface area contributed by atoms with E-state index in [1.165, 1.54) is 18.9 Å². The number of rotatable bonds is 12. The van der Waals surface area contributed by atoms with Gasteiger partial charge in [-0.05, 0) is 110 Å². The van der Waals surface area contributed by atoms with Crippen LogP contribution in [-0.2, 0) is 48.4 Å². The lowest BCUT2D eigenvalue weighted by Gasteiger charge is -2.26. The molecule has 14 nitrogen and oxygen atoms in total. The molecule has 3 N–H and O–H groups in total. The van der Waals surface area contributed by atoms with Crippen molar-refractivity contribution < 1.29 is 33.0 Å². The number of fused-ring (bicyclic) bond motifs is 8. The number of aryl methyl sites for hydroxylation is 2. The monoisotopic (exact) mass is 893 g/mol. The van der Waals surface area contributed by atoms with Crippen LogP contribution in [0, 0.1) is 11.8 Å². The van der Waals surface area contributed by atoms with Crippen LogP contribution < -0.4 is 20.1 Å². The van der Waals surface area contributed by atoms with Crippen molar-refractivity contribution in [1.29, 1.82) is 0 Å². The van der Waals surface area contributed by atoms with E-state index in [0.29, 0.717) is 64.2 Å². The van der Waals surface area contributed by atoms with Gasteiger partial charge in [-0.1, -0.05) is 0 Å². The van der Waals surface area contributed by atoms with Crippen LogP contribution in [0.1, 0.15) is 69.8 Å². The Balaban J connectivity index is 0.000000162. The zero-order valence-corrected chi connectivity index (χ0v) is 36.5. The van der Waals surface area contributed by atoms with Crippen molar-refractivity contribution in [1.82, 2.24) is 24.8 Å². The molecule has 2 aliphatic carbocycles. The van der Waals surface area contributed by atoms with Crippen LogP contribution in [0.15, 0.2) is 46.9 Å². The number of benzene rings is 2. The number of aliphatic imine (C=N–C) groups is 2. The molecule has 0 radical (unpaired) electrons. The highest BCUT2D eigenvalue weighted by atomic mass is 32.1. The number of nitrogens with one attached hydrogen (secondary N) is 2. The summed E-state index contributed by atoms with van der Waals surface area (Å²) in [6.45, 7) is 5.80. The number of halogens is 2. The first kappa shape index (κ1) is 42.2. The Morgan fingerprint density at radius 2 is 1.27 bits per heavy atom. The molecule has 4 aliphatic rings. The highest BCUT2D eigenvalue weighted by Gasteiger charge is 2.32. The molecule has 2 aromatic carbocycles. The van der Waals surface area contributed by atoms with Gasteiger partial charge >= 0.3 is 5.97 Å². The summed E-state index contributed by atoms with van der Waals surface area (Å²) >= 11 is 3.12. The van der Waals surface area contributed by atoms with Gasteiger partial charge in [-0.25, -0.2) is 28.7 Å². The number of hydrogen-bond donors (Lipinski definition) is 3. The fourth-order valence-corrected chi connectivity index (χ4v) is 11.3. The number of carboxylic acids is 1. The summed E-state index contributed by atoms with van der Waals surface area (Å²) in [5, 5.41) is 18.2. The first-order chi connectivity index (χ1) is 30.6. The van der Waals surface area contributed by atoms with E-state index in [4.69, 9.17) is 9.47 Å². The molecule has 63 heavy (non-hydrogen) atoms. The SMILES string of the molecule is CCOc1cc2c(cc1Nc1ncnc3sc4c(c13)CC[C@H](C(=O)N(C)CC(F)F)C4)C=NC2.CCOc1cc2c(cc1Nc1ncnc3sc4c(c13)CC[C@H](C(=O)O)C4)C=NC2. The molecule has 0 unspecified atom stereocenters. The molecule has 6 aromatic rings. The standard InChI is InChI=1S/C24H25F2N5O2S.C21H20N4O3S/c1-3-33-18-7-15-10-27-9-14(15)6-17(18)30-22-21-16-5-4-13(24(32)31(2)11-20(25)26)8-19(16)34-23(21)29-12-28-22;1-2-28-16-6-13-9-22-8-12(13)5-15(16)25-19-18-14-4-3-11(21(26)27)7-17(14)29-20(18)24-10-23-19/h6-7,9,12-13,20H,3-5,8,10-11H2,1-2H3,(H,28,29,30);5-6,8,10-11H,2-4,7,9H2,1H3,(H,26,27)(H,23,24,25)/t13-;11-/m00/s1. The molecule has 0 bridgehead atoms. The predicted octanol–water partition coefficient (Wildman–Crippen LogP) is 8.55. The molecule has 0 fully saturated rings. The lowest BCUT2D eigenvalue weighted by molar-refractivity contribution is -0.142. The van der Waals surface area contributed by atoms with Crippen LogP contribution in [0.25, 0.3) is 20.4 Å². The number of nitrogens with zero attached hydrogens (tertiary/aromatic N) is 7. The Hall–Kier alpha value is -6.14. The fraction of sp³-hybridized carbons (Fsp3) is 0.378. The van der Waals surface area contributed by atoms with E-state index in [1.807, 2.05) is 50.5 Å². The number of carbonyl (C=O) groups excluding carboxylic acids is 1. The third kappa shape index (κ3) is 8.53. The average molecular weight is 894 g/mol. The fourth-order valence-electron chi connectivity index (χ4n) is 8.72. The minimum absolute atomic E-state index is 0.228. The predicted molar refractivity (Wildman–Crippen MR) is 242 cm³/mol. The number of hydrogen-bond acceptors (Lipinski definition) is 14. The highest BCUT2D eigenvalue weighted by molar-refractivity contribution is 7.19. The number of aliphatic carboxylic acids is 1. The van der Waals surface area contributed by atoms with Gasteiger partial charge in [-0.2, -0.15) is 0 Å². The Morgan fingerprint density at radius 3 is 1.75 bits per heavy atom. The molecule has 0 spiro atoms. The minimum atomic E-state index is -2.53. The zero-order chi connectivity index (χ0) is 43.8. The summed E-state index contributed by atoms with van der Waals surface area (Å²) in [6, 6.07) is 8.12. The van der Waals surface area contributed by atoms with Gasteiger partial charge in [0.15, 0.2) is 0 Å². The molecule has 4 aromatic heterocycles. The van der Waals surface area contributed by atoms with Crippen LogP contribution >= 0.6 is 22.7 Å². The lowest BCUT2D eigenvalue weighted by atomic mass is 9.87. The molecular formula is C45H45F2N9O5S2. The van der Waals surface area contributed by atoms with Gasteiger partial charge in [0.1, 0.15) is 45.5 Å². The summed E-state index contributed by atoms with van der Waals surface area (Å²) < 4.78 is 37.2. The molecule has 1 amide bonds. The maximum Gasteiger partial charge on any atom is 0.306 e. The lowest BCUT2D eigenvalue weighted by Crippen LogP contribution is -2.38. The summed E-state index contributed by atoms with van der Waals surface area (Å²) in [5.74, 6) is 1.38. The third-order valence-corrected chi connectivity index (χ3v) is 14.1. The van der Waals surface area contributed by atoms with E-state index >= 15 is 0 Å². The molecule has 0 saturated carbocycles. The van der Waals surface area contributed by atoms with Gasteiger partial charge in [0, 0.05) is 35.1 Å². The highest BCUT2D eigenvalue weighted by Crippen LogP contribution is 2.44. The Labute approximate surface area is 369 Å². The summed E-state index contributed by atoms with van der Waals surface area (Å²) in [7, 11) is 1.44. The number of alkyl halides is 2. The van der Waals surface area contributed by atoms with Crippen LogP contribution in [0.3, 0.4) is 0 Å². The average Bonchev–Trinajstić information content (AvgIpc) is 4.08. The normalized spacial score (nSPS) is 16.9. The smallest absolute Gasteiger partial charge is 0.306 e. The van der Waals surface area contributed by atoms with Crippen molar-refractivity contribution in [3.8, 4) is 11.5 Å². The quantitative estimate of drug-likeness (QED) is 0.107. The van der Waals surface area contributed by atoms with Crippen molar-refractivity contribution in [3.63, 3.8) is 0 Å². The second-order valence-electron chi connectivity index (χ2n) is 15.8. The summed E-state index contributed by atoms with van der Waals surface area (Å²) in [4.78, 5) is 55.8. The van der Waals surface area contributed by atoms with Crippen molar-refractivity contribution in [3.05, 3.63) is 80.1 Å². The van der Waals surface area contributed by atoms with Crippen LogP contribution in [-0.4, -0.2) is 87.5 Å². The van der Waals surface area contributed by atoms with E-state index in [9.17, 15) is 23.5 Å². The van der Waals surface area contributed by atoms with Gasteiger partial charge in [0.25, 0.3) is 6.43 Å². The number of carboxylic acid groups (broad SMARTS) is 1. The van der Waals surface area contributed by atoms with Gasteiger partial charge in [-0.3, -0.25) is 19.6 Å². The zero-order valence-electron chi connectivity index (χ0n) is 34.9. The van der Waals surface area contributed by atoms with E-state index in [1.54, 1.807) is 29.0 Å².